The number of fused-ring (bicyclic) bond motifs is 1. The summed E-state index contributed by atoms with van der Waals surface area (Å²) in [4.78, 5) is 15.9. The highest BCUT2D eigenvalue weighted by atomic mass is 19.2. The average Bonchev–Trinajstić information content (AvgIpc) is 3.34. The van der Waals surface area contributed by atoms with Crippen LogP contribution in [0.2, 0.25) is 0 Å². The number of nitrogens with one attached hydrogen (secondary N) is 2. The van der Waals surface area contributed by atoms with Gasteiger partial charge in [-0.05, 0) is 43.2 Å². The first-order valence-electron chi connectivity index (χ1n) is 10.2. The Morgan fingerprint density at radius 1 is 1.00 bits per heavy atom. The largest absolute Gasteiger partial charge is 0.391 e. The molecule has 5 rings (SSSR count). The zero-order valence-corrected chi connectivity index (χ0v) is 16.4. The topological polar surface area (TPSA) is 80.3 Å². The van der Waals surface area contributed by atoms with Gasteiger partial charge in [0.15, 0.2) is 12.3 Å². The Balaban J connectivity index is 1.38. The molecule has 1 aromatic carbocycles. The van der Waals surface area contributed by atoms with Gasteiger partial charge in [-0.3, -0.25) is 0 Å². The van der Waals surface area contributed by atoms with Gasteiger partial charge in [-0.1, -0.05) is 0 Å². The molecule has 0 spiro atoms. The van der Waals surface area contributed by atoms with Crippen molar-refractivity contribution in [1.82, 2.24) is 15.0 Å². The number of hydrogen-bond acceptors (Lipinski definition) is 6. The van der Waals surface area contributed by atoms with Crippen LogP contribution in [0.3, 0.4) is 0 Å². The summed E-state index contributed by atoms with van der Waals surface area (Å²) in [6, 6.07) is 9.67. The molecule has 9 heteroatoms. The van der Waals surface area contributed by atoms with Gasteiger partial charge in [0.1, 0.15) is 11.5 Å². The van der Waals surface area contributed by atoms with Crippen molar-refractivity contribution >= 4 is 34.2 Å². The lowest BCUT2D eigenvalue weighted by molar-refractivity contribution is 0.154. The quantitative estimate of drug-likeness (QED) is 0.609. The molecule has 2 fully saturated rings. The van der Waals surface area contributed by atoms with Crippen LogP contribution in [0.1, 0.15) is 12.8 Å². The van der Waals surface area contributed by atoms with Crippen LogP contribution in [0, 0.1) is 0 Å². The molecular weight excluding hydrogens is 390 g/mol. The molecule has 4 heterocycles. The maximum Gasteiger partial charge on any atom is 0.231 e. The van der Waals surface area contributed by atoms with Crippen LogP contribution in [-0.4, -0.2) is 64.7 Å². The SMILES string of the molecule is OC1CCCN(c2ccc(Nc3nc(N4C[C@H](F)[C@@H](F)C4)c4cc[nH]c4n3)cc2)C1. The van der Waals surface area contributed by atoms with Crippen LogP contribution >= 0.6 is 0 Å². The number of rotatable bonds is 4. The first-order valence-corrected chi connectivity index (χ1v) is 10.2. The highest BCUT2D eigenvalue weighted by Gasteiger charge is 2.34. The van der Waals surface area contributed by atoms with Gasteiger partial charge in [-0.25, -0.2) is 8.78 Å². The van der Waals surface area contributed by atoms with Gasteiger partial charge < -0.3 is 25.2 Å². The number of H-pyrrole nitrogens is 1. The van der Waals surface area contributed by atoms with E-state index in [1.54, 1.807) is 11.1 Å². The van der Waals surface area contributed by atoms with E-state index in [9.17, 15) is 13.9 Å². The molecule has 3 N–H and O–H groups in total. The van der Waals surface area contributed by atoms with Crippen LogP contribution in [0.25, 0.3) is 11.0 Å². The smallest absolute Gasteiger partial charge is 0.231 e. The summed E-state index contributed by atoms with van der Waals surface area (Å²) in [5.41, 5.74) is 2.47. The summed E-state index contributed by atoms with van der Waals surface area (Å²) < 4.78 is 27.5. The predicted octanol–water partition coefficient (Wildman–Crippen LogP) is 3.16. The third-order valence-corrected chi connectivity index (χ3v) is 5.76. The van der Waals surface area contributed by atoms with E-state index in [0.29, 0.717) is 24.0 Å². The van der Waals surface area contributed by atoms with E-state index >= 15 is 0 Å². The van der Waals surface area contributed by atoms with Gasteiger partial charge in [0.25, 0.3) is 0 Å². The van der Waals surface area contributed by atoms with Crippen LogP contribution in [0.15, 0.2) is 36.5 Å². The van der Waals surface area contributed by atoms with Crippen LogP contribution in [0.5, 0.6) is 0 Å². The molecule has 3 aromatic rings. The van der Waals surface area contributed by atoms with Crippen molar-refractivity contribution in [2.75, 3.05) is 41.3 Å². The molecule has 2 aliphatic heterocycles. The van der Waals surface area contributed by atoms with Crippen molar-refractivity contribution in [1.29, 1.82) is 0 Å². The normalized spacial score (nSPS) is 24.6. The minimum Gasteiger partial charge on any atom is -0.391 e. The third-order valence-electron chi connectivity index (χ3n) is 5.76. The number of β-amino-alcohol motifs (C(OH)–C–C–N with tert-alkyl or cyclic N) is 1. The van der Waals surface area contributed by atoms with Crippen molar-refractivity contribution in [3.8, 4) is 0 Å². The number of aliphatic hydroxyl groups excluding tert-OH is 1. The van der Waals surface area contributed by atoms with Gasteiger partial charge in [0, 0.05) is 30.7 Å². The molecule has 7 nitrogen and oxygen atoms in total. The third kappa shape index (κ3) is 3.65. The number of alkyl halides is 2. The fourth-order valence-corrected chi connectivity index (χ4v) is 4.19. The maximum atomic E-state index is 13.7. The molecule has 0 amide bonds. The Hall–Kier alpha value is -2.94. The molecule has 30 heavy (non-hydrogen) atoms. The molecule has 0 aliphatic carbocycles. The molecule has 0 radical (unpaired) electrons. The fourth-order valence-electron chi connectivity index (χ4n) is 4.19. The summed E-state index contributed by atoms with van der Waals surface area (Å²) in [5.74, 6) is 0.879. The Bertz CT molecular complexity index is 1020. The summed E-state index contributed by atoms with van der Waals surface area (Å²) in [7, 11) is 0. The van der Waals surface area contributed by atoms with Crippen molar-refractivity contribution in [2.45, 2.75) is 31.3 Å². The van der Waals surface area contributed by atoms with Gasteiger partial charge in [0.05, 0.1) is 24.6 Å². The van der Waals surface area contributed by atoms with Gasteiger partial charge in [-0.15, -0.1) is 0 Å². The number of aromatic nitrogens is 3. The van der Waals surface area contributed by atoms with Gasteiger partial charge in [0.2, 0.25) is 5.95 Å². The minimum atomic E-state index is -1.51. The number of hydrogen-bond donors (Lipinski definition) is 3. The summed E-state index contributed by atoms with van der Waals surface area (Å²) >= 11 is 0. The zero-order chi connectivity index (χ0) is 20.7. The minimum absolute atomic E-state index is 0.0196. The van der Waals surface area contributed by atoms with Crippen molar-refractivity contribution in [3.05, 3.63) is 36.5 Å². The van der Waals surface area contributed by atoms with E-state index in [-0.39, 0.29) is 19.2 Å². The summed E-state index contributed by atoms with van der Waals surface area (Å²) in [5, 5.41) is 13.8. The van der Waals surface area contributed by atoms with Crippen LogP contribution in [0.4, 0.5) is 31.9 Å². The van der Waals surface area contributed by atoms with E-state index in [0.717, 1.165) is 36.1 Å². The Morgan fingerprint density at radius 2 is 1.77 bits per heavy atom. The Morgan fingerprint density at radius 3 is 2.50 bits per heavy atom. The number of piperidine rings is 1. The molecule has 3 atom stereocenters. The molecule has 2 saturated heterocycles. The fraction of sp³-hybridized carbons (Fsp3) is 0.429. The molecule has 2 aromatic heterocycles. The van der Waals surface area contributed by atoms with Gasteiger partial charge >= 0.3 is 0 Å². The van der Waals surface area contributed by atoms with E-state index in [1.165, 1.54) is 0 Å². The Kier molecular flexibility index (Phi) is 4.90. The first-order chi connectivity index (χ1) is 14.6. The zero-order valence-electron chi connectivity index (χ0n) is 16.4. The summed E-state index contributed by atoms with van der Waals surface area (Å²) in [6.07, 6.45) is 0.265. The lowest BCUT2D eigenvalue weighted by Gasteiger charge is -2.32. The number of aromatic amines is 1. The Labute approximate surface area is 172 Å². The lowest BCUT2D eigenvalue weighted by atomic mass is 10.1. The maximum absolute atomic E-state index is 13.7. The van der Waals surface area contributed by atoms with Gasteiger partial charge in [-0.2, -0.15) is 9.97 Å². The molecule has 0 bridgehead atoms. The first kappa shape index (κ1) is 19.0. The standard InChI is InChI=1S/C21H24F2N6O/c22-17-11-29(12-18(17)23)20-16-7-8-24-19(16)26-21(27-20)25-13-3-5-14(6-4-13)28-9-1-2-15(30)10-28/h3-8,15,17-18,30H,1-2,9-12H2,(H2,24,25,26,27)/t15?,17-,18-/m0/s1. The number of benzene rings is 1. The average molecular weight is 414 g/mol. The predicted molar refractivity (Wildman–Crippen MR) is 113 cm³/mol. The van der Waals surface area contributed by atoms with Crippen LogP contribution in [-0.2, 0) is 0 Å². The molecule has 1 unspecified atom stereocenters. The monoisotopic (exact) mass is 414 g/mol. The van der Waals surface area contributed by atoms with Crippen LogP contribution < -0.4 is 15.1 Å². The highest BCUT2D eigenvalue weighted by molar-refractivity contribution is 5.89. The number of anilines is 4. The number of halogens is 2. The van der Waals surface area contributed by atoms with E-state index < -0.39 is 12.3 Å². The van der Waals surface area contributed by atoms with Crippen molar-refractivity contribution in [2.24, 2.45) is 0 Å². The lowest BCUT2D eigenvalue weighted by Crippen LogP contribution is -2.38. The summed E-state index contributed by atoms with van der Waals surface area (Å²) in [6.45, 7) is 1.53. The van der Waals surface area contributed by atoms with E-state index in [1.807, 2.05) is 30.3 Å². The number of aliphatic hydroxyl groups is 1. The second-order valence-electron chi connectivity index (χ2n) is 7.96. The van der Waals surface area contributed by atoms with E-state index in [4.69, 9.17) is 0 Å². The highest BCUT2D eigenvalue weighted by Crippen LogP contribution is 2.30. The number of nitrogens with zero attached hydrogens (tertiary/aromatic N) is 4. The second-order valence-corrected chi connectivity index (χ2v) is 7.96. The second kappa shape index (κ2) is 7.71. The van der Waals surface area contributed by atoms with Crippen molar-refractivity contribution < 1.29 is 13.9 Å². The van der Waals surface area contributed by atoms with E-state index in [2.05, 4.69) is 25.2 Å². The van der Waals surface area contributed by atoms with Crippen molar-refractivity contribution in [3.63, 3.8) is 0 Å². The molecule has 0 saturated carbocycles. The molecule has 158 valence electrons. The molecular formula is C21H24F2N6O. The molecule has 2 aliphatic rings.